The predicted octanol–water partition coefficient (Wildman–Crippen LogP) is 1.50. The number of imidazole rings is 1. The zero-order chi connectivity index (χ0) is 14.9. The lowest BCUT2D eigenvalue weighted by Gasteiger charge is -2.07. The molecule has 0 radical (unpaired) electrons. The van der Waals surface area contributed by atoms with Gasteiger partial charge in [0.15, 0.2) is 16.3 Å². The molecule has 0 aliphatic heterocycles. The highest BCUT2D eigenvalue weighted by atomic mass is 32.2. The van der Waals surface area contributed by atoms with E-state index in [9.17, 15) is 9.59 Å². The minimum Gasteiger partial charge on any atom is -0.309 e. The number of rotatable bonds is 4. The summed E-state index contributed by atoms with van der Waals surface area (Å²) in [5.74, 6) is 0. The van der Waals surface area contributed by atoms with Crippen LogP contribution in [0.2, 0.25) is 0 Å². The molecule has 0 spiro atoms. The zero-order valence-electron chi connectivity index (χ0n) is 12.0. The number of aromatic nitrogens is 4. The summed E-state index contributed by atoms with van der Waals surface area (Å²) >= 11 is 1.57. The molecule has 7 heteroatoms. The number of hydrogen-bond donors (Lipinski definition) is 1. The lowest BCUT2D eigenvalue weighted by Crippen LogP contribution is -2.29. The van der Waals surface area contributed by atoms with Crippen molar-refractivity contribution in [1.82, 2.24) is 19.1 Å². The Morgan fingerprint density at radius 3 is 2.70 bits per heavy atom. The van der Waals surface area contributed by atoms with Crippen molar-refractivity contribution in [2.24, 2.45) is 7.05 Å². The zero-order valence-corrected chi connectivity index (χ0v) is 12.8. The van der Waals surface area contributed by atoms with Gasteiger partial charge in [0.05, 0.1) is 0 Å². The molecule has 1 N–H and O–H groups in total. The molecule has 20 heavy (non-hydrogen) atoms. The summed E-state index contributed by atoms with van der Waals surface area (Å²) in [4.78, 5) is 30.5. The molecule has 108 valence electrons. The van der Waals surface area contributed by atoms with E-state index in [1.54, 1.807) is 18.8 Å². The number of hydrogen-bond acceptors (Lipinski definition) is 4. The summed E-state index contributed by atoms with van der Waals surface area (Å²) in [6.45, 7) is 6.61. The molecule has 0 aromatic carbocycles. The van der Waals surface area contributed by atoms with Gasteiger partial charge in [-0.25, -0.2) is 9.78 Å². The van der Waals surface area contributed by atoms with Crippen molar-refractivity contribution < 1.29 is 0 Å². The molecule has 2 heterocycles. The predicted molar refractivity (Wildman–Crippen MR) is 81.4 cm³/mol. The van der Waals surface area contributed by atoms with E-state index in [0.717, 1.165) is 5.16 Å². The minimum absolute atomic E-state index is 0.340. The highest BCUT2D eigenvalue weighted by Crippen LogP contribution is 2.24. The third-order valence-electron chi connectivity index (χ3n) is 2.84. The molecule has 2 aromatic heterocycles. The van der Waals surface area contributed by atoms with Gasteiger partial charge in [-0.15, -0.1) is 0 Å². The first-order valence-corrected chi connectivity index (χ1v) is 7.31. The molecule has 0 atom stereocenters. The number of allylic oxidation sites excluding steroid dienone is 2. The van der Waals surface area contributed by atoms with Crippen LogP contribution >= 0.6 is 11.8 Å². The maximum Gasteiger partial charge on any atom is 0.329 e. The third kappa shape index (κ3) is 2.58. The maximum atomic E-state index is 12.1. The van der Waals surface area contributed by atoms with E-state index in [2.05, 4.69) is 23.8 Å². The van der Waals surface area contributed by atoms with E-state index in [1.165, 1.54) is 4.57 Å². The number of H-pyrrole nitrogens is 1. The second-order valence-corrected chi connectivity index (χ2v) is 6.27. The summed E-state index contributed by atoms with van der Waals surface area (Å²) in [6, 6.07) is 0. The van der Waals surface area contributed by atoms with Crippen molar-refractivity contribution in [2.75, 3.05) is 0 Å². The second-order valence-electron chi connectivity index (χ2n) is 4.73. The van der Waals surface area contributed by atoms with Gasteiger partial charge in [-0.1, -0.05) is 37.8 Å². The van der Waals surface area contributed by atoms with E-state index < -0.39 is 11.2 Å². The normalized spacial score (nSPS) is 12.1. The third-order valence-corrected chi connectivity index (χ3v) is 3.83. The molecule has 2 aromatic rings. The van der Waals surface area contributed by atoms with Gasteiger partial charge in [-0.3, -0.25) is 14.3 Å². The summed E-state index contributed by atoms with van der Waals surface area (Å²) in [5, 5.41) is 1.09. The quantitative estimate of drug-likeness (QED) is 0.685. The molecule has 2 rings (SSSR count). The van der Waals surface area contributed by atoms with Crippen LogP contribution in [0.1, 0.15) is 20.8 Å². The number of thioether (sulfide) groups is 1. The summed E-state index contributed by atoms with van der Waals surface area (Å²) in [5.41, 5.74) is 0.0229. The highest BCUT2D eigenvalue weighted by molar-refractivity contribution is 7.99. The van der Waals surface area contributed by atoms with Crippen molar-refractivity contribution in [3.05, 3.63) is 33.0 Å². The van der Waals surface area contributed by atoms with Crippen molar-refractivity contribution in [2.45, 2.75) is 37.7 Å². The van der Waals surface area contributed by atoms with Crippen molar-refractivity contribution in [3.63, 3.8) is 0 Å². The molecule has 6 nitrogen and oxygen atoms in total. The van der Waals surface area contributed by atoms with E-state index >= 15 is 0 Å². The molecule has 0 saturated heterocycles. The van der Waals surface area contributed by atoms with E-state index in [-0.39, 0.29) is 0 Å². The van der Waals surface area contributed by atoms with Crippen molar-refractivity contribution in [1.29, 1.82) is 0 Å². The highest BCUT2D eigenvalue weighted by Gasteiger charge is 2.17. The molecule has 0 aliphatic carbocycles. The summed E-state index contributed by atoms with van der Waals surface area (Å²) in [6.07, 6.45) is 3.88. The molecule has 0 fully saturated rings. The molecule has 0 amide bonds. The fraction of sp³-hybridized carbons (Fsp3) is 0.462. The standard InChI is InChI=1S/C13H18N4O2S/c1-5-6-7-17-9-10(14-13(17)20-8(2)3)16(4)12(19)15-11(9)18/h5-6,8H,7H2,1-4H3,(H,15,18,19). The Bertz CT molecular complexity index is 767. The lowest BCUT2D eigenvalue weighted by molar-refractivity contribution is 0.741. The lowest BCUT2D eigenvalue weighted by atomic mass is 10.4. The largest absolute Gasteiger partial charge is 0.329 e. The molecule has 0 aliphatic rings. The fourth-order valence-corrected chi connectivity index (χ4v) is 2.75. The Labute approximate surface area is 120 Å². The van der Waals surface area contributed by atoms with Crippen LogP contribution in [-0.2, 0) is 13.6 Å². The molecule has 0 bridgehead atoms. The average Bonchev–Trinajstić information content (AvgIpc) is 2.72. The van der Waals surface area contributed by atoms with E-state index in [1.807, 2.05) is 23.6 Å². The van der Waals surface area contributed by atoms with Crippen molar-refractivity contribution >= 4 is 22.9 Å². The van der Waals surface area contributed by atoms with Crippen LogP contribution in [0.25, 0.3) is 11.2 Å². The maximum absolute atomic E-state index is 12.1. The van der Waals surface area contributed by atoms with Gasteiger partial charge in [-0.2, -0.15) is 0 Å². The van der Waals surface area contributed by atoms with E-state index in [0.29, 0.717) is 23.0 Å². The van der Waals surface area contributed by atoms with Gasteiger partial charge in [-0.05, 0) is 6.92 Å². The molecular weight excluding hydrogens is 276 g/mol. The fourth-order valence-electron chi connectivity index (χ4n) is 1.90. The van der Waals surface area contributed by atoms with Gasteiger partial charge < -0.3 is 4.57 Å². The number of aromatic amines is 1. The molecule has 0 unspecified atom stereocenters. The number of fused-ring (bicyclic) bond motifs is 1. The van der Waals surface area contributed by atoms with Crippen LogP contribution < -0.4 is 11.2 Å². The average molecular weight is 294 g/mol. The van der Waals surface area contributed by atoms with Gasteiger partial charge in [0.25, 0.3) is 5.56 Å². The van der Waals surface area contributed by atoms with Crippen LogP contribution in [0.4, 0.5) is 0 Å². The Hall–Kier alpha value is -1.76. The van der Waals surface area contributed by atoms with Gasteiger partial charge in [0, 0.05) is 18.8 Å². The Balaban J connectivity index is 2.78. The summed E-state index contributed by atoms with van der Waals surface area (Å²) < 4.78 is 3.21. The second kappa shape index (κ2) is 5.70. The van der Waals surface area contributed by atoms with Gasteiger partial charge in [0.2, 0.25) is 0 Å². The topological polar surface area (TPSA) is 72.7 Å². The van der Waals surface area contributed by atoms with Crippen LogP contribution in [0.15, 0.2) is 26.9 Å². The van der Waals surface area contributed by atoms with Crippen LogP contribution in [-0.4, -0.2) is 24.4 Å². The Morgan fingerprint density at radius 1 is 1.40 bits per heavy atom. The smallest absolute Gasteiger partial charge is 0.309 e. The Kier molecular flexibility index (Phi) is 4.17. The first-order chi connectivity index (χ1) is 9.45. The van der Waals surface area contributed by atoms with Crippen molar-refractivity contribution in [3.8, 4) is 0 Å². The number of nitrogens with zero attached hydrogens (tertiary/aromatic N) is 3. The number of nitrogens with one attached hydrogen (secondary N) is 1. The summed E-state index contributed by atoms with van der Waals surface area (Å²) in [7, 11) is 1.61. The first kappa shape index (κ1) is 14.6. The molecular formula is C13H18N4O2S. The Morgan fingerprint density at radius 2 is 2.10 bits per heavy atom. The van der Waals surface area contributed by atoms with Crippen LogP contribution in [0.5, 0.6) is 0 Å². The monoisotopic (exact) mass is 294 g/mol. The van der Waals surface area contributed by atoms with Crippen LogP contribution in [0, 0.1) is 0 Å². The first-order valence-electron chi connectivity index (χ1n) is 6.43. The van der Waals surface area contributed by atoms with Gasteiger partial charge >= 0.3 is 5.69 Å². The van der Waals surface area contributed by atoms with E-state index in [4.69, 9.17) is 0 Å². The minimum atomic E-state index is -0.445. The molecule has 0 saturated carbocycles. The number of aryl methyl sites for hydroxylation is 1. The SMILES string of the molecule is CC=CCn1c(SC(C)C)nc2c1c(=O)[nH]c(=O)n2C. The van der Waals surface area contributed by atoms with Crippen LogP contribution in [0.3, 0.4) is 0 Å². The van der Waals surface area contributed by atoms with Gasteiger partial charge in [0.1, 0.15) is 0 Å².